The number of hydrogen-bond donors (Lipinski definition) is 0. The van der Waals surface area contributed by atoms with Crippen LogP contribution >= 0.6 is 0 Å². The first-order valence-electron chi connectivity index (χ1n) is 14.1. The van der Waals surface area contributed by atoms with Crippen molar-refractivity contribution in [2.45, 2.75) is 32.4 Å². The lowest BCUT2D eigenvalue weighted by atomic mass is 9.96. The minimum Gasteiger partial charge on any atom is -0.494 e. The minimum absolute atomic E-state index is 0.131. The Morgan fingerprint density at radius 3 is 2.05 bits per heavy atom. The zero-order chi connectivity index (χ0) is 27.7. The van der Waals surface area contributed by atoms with Crippen molar-refractivity contribution in [1.82, 2.24) is 19.6 Å². The Bertz CT molecular complexity index is 1390. The summed E-state index contributed by atoms with van der Waals surface area (Å²) >= 11 is 0. The Morgan fingerprint density at radius 2 is 1.45 bits per heavy atom. The van der Waals surface area contributed by atoms with Crippen molar-refractivity contribution in [3.05, 3.63) is 119 Å². The number of nitrogens with zero attached hydrogens (tertiary/aromatic N) is 4. The molecule has 1 saturated heterocycles. The number of amides is 1. The molecular weight excluding hydrogens is 500 g/mol. The number of hydrogen-bond acceptors (Lipinski definition) is 5. The lowest BCUT2D eigenvalue weighted by molar-refractivity contribution is -0.133. The molecule has 5 rings (SSSR count). The quantitative estimate of drug-likeness (QED) is 0.285. The Hall–Kier alpha value is -4.23. The van der Waals surface area contributed by atoms with Gasteiger partial charge in [0.25, 0.3) is 5.56 Å². The molecule has 0 radical (unpaired) electrons. The van der Waals surface area contributed by atoms with Crippen molar-refractivity contribution in [2.75, 3.05) is 32.8 Å². The van der Waals surface area contributed by atoms with E-state index in [0.717, 1.165) is 30.1 Å². The van der Waals surface area contributed by atoms with Gasteiger partial charge in [-0.3, -0.25) is 14.5 Å². The van der Waals surface area contributed by atoms with E-state index in [0.29, 0.717) is 39.1 Å². The average Bonchev–Trinajstić information content (AvgIpc) is 3.00. The topological polar surface area (TPSA) is 67.7 Å². The van der Waals surface area contributed by atoms with Crippen molar-refractivity contribution in [3.63, 3.8) is 0 Å². The lowest BCUT2D eigenvalue weighted by Crippen LogP contribution is -2.49. The van der Waals surface area contributed by atoms with Crippen LogP contribution in [-0.4, -0.2) is 58.3 Å². The Labute approximate surface area is 235 Å². The molecule has 4 aromatic rings. The second kappa shape index (κ2) is 13.2. The smallest absolute Gasteiger partial charge is 0.266 e. The maximum Gasteiger partial charge on any atom is 0.266 e. The minimum atomic E-state index is -0.163. The number of aryl methyl sites for hydroxylation is 1. The van der Waals surface area contributed by atoms with E-state index in [1.807, 2.05) is 48.2 Å². The summed E-state index contributed by atoms with van der Waals surface area (Å²) in [5.74, 6) is 0.931. The number of carbonyl (C=O) groups is 1. The third-order valence-electron chi connectivity index (χ3n) is 7.35. The van der Waals surface area contributed by atoms with E-state index in [-0.39, 0.29) is 17.5 Å². The Morgan fingerprint density at radius 1 is 0.825 bits per heavy atom. The molecule has 1 aromatic heterocycles. The van der Waals surface area contributed by atoms with Gasteiger partial charge in [0.15, 0.2) is 0 Å². The van der Waals surface area contributed by atoms with E-state index in [9.17, 15) is 9.59 Å². The number of ether oxygens (including phenoxy) is 1. The number of carbonyl (C=O) groups excluding carboxylic acids is 1. The monoisotopic (exact) mass is 536 g/mol. The summed E-state index contributed by atoms with van der Waals surface area (Å²) in [7, 11) is 0. The van der Waals surface area contributed by atoms with Crippen LogP contribution < -0.4 is 10.3 Å². The fourth-order valence-electron chi connectivity index (χ4n) is 5.30. The molecular formula is C33H36N4O3. The van der Waals surface area contributed by atoms with E-state index >= 15 is 0 Å². The van der Waals surface area contributed by atoms with Gasteiger partial charge in [-0.2, -0.15) is 5.10 Å². The molecule has 2 heterocycles. The van der Waals surface area contributed by atoms with Crippen LogP contribution in [0, 0.1) is 0 Å². The van der Waals surface area contributed by atoms with Gasteiger partial charge in [-0.1, -0.05) is 60.7 Å². The first kappa shape index (κ1) is 27.3. The van der Waals surface area contributed by atoms with Crippen LogP contribution in [-0.2, 0) is 11.3 Å². The van der Waals surface area contributed by atoms with Crippen LogP contribution in [0.25, 0.3) is 11.3 Å². The molecule has 1 fully saturated rings. The molecule has 40 heavy (non-hydrogen) atoms. The highest BCUT2D eigenvalue weighted by molar-refractivity contribution is 5.76. The number of benzene rings is 3. The summed E-state index contributed by atoms with van der Waals surface area (Å²) < 4.78 is 6.97. The third kappa shape index (κ3) is 6.66. The molecule has 3 aromatic carbocycles. The fourth-order valence-corrected chi connectivity index (χ4v) is 5.30. The SMILES string of the molecule is CCOc1ccc(-c2ccc(=O)n(CCCC(=O)N3CCN(C(c4ccccc4)c4ccccc4)CC3)n2)cc1. The molecule has 0 saturated carbocycles. The highest BCUT2D eigenvalue weighted by Crippen LogP contribution is 2.29. The fraction of sp³-hybridized carbons (Fsp3) is 0.303. The van der Waals surface area contributed by atoms with Gasteiger partial charge in [0.2, 0.25) is 5.91 Å². The molecule has 1 amide bonds. The third-order valence-corrected chi connectivity index (χ3v) is 7.35. The van der Waals surface area contributed by atoms with Crippen LogP contribution in [0.4, 0.5) is 0 Å². The predicted molar refractivity (Wildman–Crippen MR) is 157 cm³/mol. The van der Waals surface area contributed by atoms with Crippen LogP contribution in [0.1, 0.15) is 36.9 Å². The van der Waals surface area contributed by atoms with Gasteiger partial charge in [-0.05, 0) is 54.8 Å². The molecule has 0 aliphatic carbocycles. The van der Waals surface area contributed by atoms with Crippen LogP contribution in [0.5, 0.6) is 5.75 Å². The van der Waals surface area contributed by atoms with E-state index in [1.54, 1.807) is 6.07 Å². The van der Waals surface area contributed by atoms with Gasteiger partial charge in [-0.15, -0.1) is 0 Å². The van der Waals surface area contributed by atoms with Crippen molar-refractivity contribution in [2.24, 2.45) is 0 Å². The molecule has 0 N–H and O–H groups in total. The van der Waals surface area contributed by atoms with Gasteiger partial charge >= 0.3 is 0 Å². The molecule has 0 spiro atoms. The molecule has 0 unspecified atom stereocenters. The largest absolute Gasteiger partial charge is 0.494 e. The van der Waals surface area contributed by atoms with Crippen molar-refractivity contribution in [3.8, 4) is 17.0 Å². The maximum atomic E-state index is 13.1. The summed E-state index contributed by atoms with van der Waals surface area (Å²) in [5.41, 5.74) is 3.99. The molecule has 1 aliphatic heterocycles. The standard InChI is InChI=1S/C33H36N4O3/c1-2-40-29-17-15-26(16-18-29)30-19-20-32(39)37(34-30)21-9-14-31(38)35-22-24-36(25-23-35)33(27-10-5-3-6-11-27)28-12-7-4-8-13-28/h3-8,10-13,15-20,33H,2,9,14,21-25H2,1H3. The van der Waals surface area contributed by atoms with E-state index in [1.165, 1.54) is 21.9 Å². The molecule has 7 nitrogen and oxygen atoms in total. The zero-order valence-corrected chi connectivity index (χ0v) is 23.0. The van der Waals surface area contributed by atoms with Crippen molar-refractivity contribution < 1.29 is 9.53 Å². The van der Waals surface area contributed by atoms with Crippen LogP contribution in [0.3, 0.4) is 0 Å². The van der Waals surface area contributed by atoms with Gasteiger partial charge in [0.05, 0.1) is 18.3 Å². The lowest BCUT2D eigenvalue weighted by Gasteiger charge is -2.40. The van der Waals surface area contributed by atoms with Gasteiger partial charge in [0, 0.05) is 50.8 Å². The molecule has 7 heteroatoms. The summed E-state index contributed by atoms with van der Waals surface area (Å²) in [6.45, 7) is 5.97. The Kier molecular flexibility index (Phi) is 9.04. The van der Waals surface area contributed by atoms with E-state index < -0.39 is 0 Å². The highest BCUT2D eigenvalue weighted by Gasteiger charge is 2.27. The molecule has 206 valence electrons. The second-order valence-corrected chi connectivity index (χ2v) is 9.98. The predicted octanol–water partition coefficient (Wildman–Crippen LogP) is 5.02. The molecule has 1 aliphatic rings. The average molecular weight is 537 g/mol. The second-order valence-electron chi connectivity index (χ2n) is 9.98. The Balaban J connectivity index is 1.16. The van der Waals surface area contributed by atoms with Gasteiger partial charge in [0.1, 0.15) is 5.75 Å². The van der Waals surface area contributed by atoms with E-state index in [4.69, 9.17) is 4.74 Å². The normalized spacial score (nSPS) is 13.9. The number of aromatic nitrogens is 2. The summed E-state index contributed by atoms with van der Waals surface area (Å²) in [6, 6.07) is 32.2. The maximum absolute atomic E-state index is 13.1. The summed E-state index contributed by atoms with van der Waals surface area (Å²) in [4.78, 5) is 29.9. The number of rotatable bonds is 10. The summed E-state index contributed by atoms with van der Waals surface area (Å²) in [6.07, 6.45) is 0.956. The van der Waals surface area contributed by atoms with Gasteiger partial charge in [-0.25, -0.2) is 4.68 Å². The van der Waals surface area contributed by atoms with Gasteiger partial charge < -0.3 is 9.64 Å². The van der Waals surface area contributed by atoms with Crippen molar-refractivity contribution in [1.29, 1.82) is 0 Å². The molecule has 0 atom stereocenters. The first-order chi connectivity index (χ1) is 19.6. The first-order valence-corrected chi connectivity index (χ1v) is 14.1. The summed E-state index contributed by atoms with van der Waals surface area (Å²) in [5, 5.41) is 4.55. The van der Waals surface area contributed by atoms with Crippen LogP contribution in [0.15, 0.2) is 102 Å². The highest BCUT2D eigenvalue weighted by atomic mass is 16.5. The van der Waals surface area contributed by atoms with E-state index in [2.05, 4.69) is 58.5 Å². The number of piperazine rings is 1. The zero-order valence-electron chi connectivity index (χ0n) is 23.0. The van der Waals surface area contributed by atoms with Crippen molar-refractivity contribution >= 4 is 5.91 Å². The van der Waals surface area contributed by atoms with Crippen LogP contribution in [0.2, 0.25) is 0 Å². The molecule has 0 bridgehead atoms.